The highest BCUT2D eigenvalue weighted by Crippen LogP contribution is 2.24. The van der Waals surface area contributed by atoms with Gasteiger partial charge in [0, 0.05) is 24.1 Å². The quantitative estimate of drug-likeness (QED) is 0.762. The summed E-state index contributed by atoms with van der Waals surface area (Å²) in [5.41, 5.74) is 0.435. The molecule has 1 unspecified atom stereocenters. The Morgan fingerprint density at radius 3 is 2.28 bits per heavy atom. The monoisotopic (exact) mass is 253 g/mol. The average Bonchev–Trinajstić information content (AvgIpc) is 2.25. The largest absolute Gasteiger partial charge is 0.314 e. The lowest BCUT2D eigenvalue weighted by atomic mass is 9.83. The molecule has 0 amide bonds. The Balaban J connectivity index is 2.80. The second kappa shape index (κ2) is 6.10. The van der Waals surface area contributed by atoms with E-state index in [4.69, 9.17) is 0 Å². The molecular formula is C15H21F2N. The van der Waals surface area contributed by atoms with Gasteiger partial charge in [-0.2, -0.15) is 0 Å². The molecule has 0 aliphatic heterocycles. The highest BCUT2D eigenvalue weighted by atomic mass is 19.1. The molecule has 0 saturated carbocycles. The van der Waals surface area contributed by atoms with Gasteiger partial charge in [-0.15, -0.1) is 6.58 Å². The maximum Gasteiger partial charge on any atom is 0.126 e. The topological polar surface area (TPSA) is 12.0 Å². The summed E-state index contributed by atoms with van der Waals surface area (Å²) in [5.74, 6) is -1.07. The highest BCUT2D eigenvalue weighted by molar-refractivity contribution is 5.20. The van der Waals surface area contributed by atoms with Crippen LogP contribution in [0.1, 0.15) is 26.3 Å². The van der Waals surface area contributed by atoms with Crippen LogP contribution >= 0.6 is 0 Å². The number of halogens is 2. The lowest BCUT2D eigenvalue weighted by Crippen LogP contribution is -2.35. The molecule has 1 atom stereocenters. The second-order valence-electron chi connectivity index (χ2n) is 5.35. The van der Waals surface area contributed by atoms with E-state index in [-0.39, 0.29) is 5.41 Å². The van der Waals surface area contributed by atoms with Crippen LogP contribution in [0.3, 0.4) is 0 Å². The molecule has 0 heterocycles. The van der Waals surface area contributed by atoms with Crippen molar-refractivity contribution in [2.24, 2.45) is 5.41 Å². The Hall–Kier alpha value is -1.22. The molecule has 0 radical (unpaired) electrons. The summed E-state index contributed by atoms with van der Waals surface area (Å²) < 4.78 is 26.3. The van der Waals surface area contributed by atoms with E-state index in [9.17, 15) is 8.78 Å². The minimum absolute atomic E-state index is 0.218. The summed E-state index contributed by atoms with van der Waals surface area (Å²) in [4.78, 5) is 0. The number of hydrogen-bond acceptors (Lipinski definition) is 1. The van der Waals surface area contributed by atoms with Crippen molar-refractivity contribution in [1.29, 1.82) is 0 Å². The summed E-state index contributed by atoms with van der Waals surface area (Å²) in [5, 5.41) is 3.33. The molecule has 100 valence electrons. The van der Waals surface area contributed by atoms with Crippen LogP contribution in [0.2, 0.25) is 0 Å². The van der Waals surface area contributed by atoms with Gasteiger partial charge in [0.05, 0.1) is 0 Å². The van der Waals surface area contributed by atoms with Crippen LogP contribution in [0, 0.1) is 17.0 Å². The van der Waals surface area contributed by atoms with Crippen molar-refractivity contribution in [3.05, 3.63) is 48.1 Å². The molecule has 0 aromatic heterocycles. The summed E-state index contributed by atoms with van der Waals surface area (Å²) in [6.07, 6.45) is 2.40. The molecular weight excluding hydrogens is 232 g/mol. The first-order valence-electron chi connectivity index (χ1n) is 6.16. The summed E-state index contributed by atoms with van der Waals surface area (Å²) in [6, 6.07) is 4.01. The van der Waals surface area contributed by atoms with Crippen molar-refractivity contribution >= 4 is 0 Å². The van der Waals surface area contributed by atoms with Crippen molar-refractivity contribution in [3.63, 3.8) is 0 Å². The SMILES string of the molecule is C=CC(C)(CNC(C)C)Cc1cc(F)cc(F)c1. The van der Waals surface area contributed by atoms with E-state index in [1.165, 1.54) is 12.1 Å². The molecule has 1 nitrogen and oxygen atoms in total. The highest BCUT2D eigenvalue weighted by Gasteiger charge is 2.21. The average molecular weight is 253 g/mol. The van der Waals surface area contributed by atoms with E-state index in [1.807, 2.05) is 13.0 Å². The normalized spacial score (nSPS) is 14.6. The van der Waals surface area contributed by atoms with E-state index in [1.54, 1.807) is 0 Å². The number of nitrogens with one attached hydrogen (secondary N) is 1. The van der Waals surface area contributed by atoms with E-state index < -0.39 is 11.6 Å². The van der Waals surface area contributed by atoms with Crippen LogP contribution in [0.4, 0.5) is 8.78 Å². The minimum atomic E-state index is -0.534. The molecule has 1 rings (SSSR count). The molecule has 0 saturated heterocycles. The fraction of sp³-hybridized carbons (Fsp3) is 0.467. The zero-order chi connectivity index (χ0) is 13.8. The Morgan fingerprint density at radius 1 is 1.28 bits per heavy atom. The van der Waals surface area contributed by atoms with Crippen molar-refractivity contribution in [2.75, 3.05) is 6.54 Å². The van der Waals surface area contributed by atoms with Gasteiger partial charge >= 0.3 is 0 Å². The van der Waals surface area contributed by atoms with Gasteiger partial charge in [-0.05, 0) is 24.1 Å². The van der Waals surface area contributed by atoms with Crippen LogP contribution in [0.5, 0.6) is 0 Å². The minimum Gasteiger partial charge on any atom is -0.314 e. The molecule has 0 fully saturated rings. The summed E-state index contributed by atoms with van der Waals surface area (Å²) >= 11 is 0. The van der Waals surface area contributed by atoms with Gasteiger partial charge in [0.25, 0.3) is 0 Å². The van der Waals surface area contributed by atoms with Gasteiger partial charge in [0.1, 0.15) is 11.6 Å². The van der Waals surface area contributed by atoms with Gasteiger partial charge in [0.2, 0.25) is 0 Å². The molecule has 1 aromatic rings. The van der Waals surface area contributed by atoms with Crippen molar-refractivity contribution in [1.82, 2.24) is 5.32 Å². The van der Waals surface area contributed by atoms with Gasteiger partial charge in [-0.25, -0.2) is 8.78 Å². The van der Waals surface area contributed by atoms with Crippen LogP contribution in [-0.4, -0.2) is 12.6 Å². The fourth-order valence-corrected chi connectivity index (χ4v) is 1.82. The van der Waals surface area contributed by atoms with Crippen molar-refractivity contribution in [2.45, 2.75) is 33.2 Å². The predicted molar refractivity (Wildman–Crippen MR) is 71.5 cm³/mol. The predicted octanol–water partition coefficient (Wildman–Crippen LogP) is 3.70. The Bertz CT molecular complexity index is 395. The molecule has 0 bridgehead atoms. The molecule has 0 aliphatic rings. The second-order valence-corrected chi connectivity index (χ2v) is 5.35. The maximum atomic E-state index is 13.1. The molecule has 0 spiro atoms. The van der Waals surface area contributed by atoms with E-state index >= 15 is 0 Å². The Kier molecular flexibility index (Phi) is 5.03. The third-order valence-corrected chi connectivity index (χ3v) is 2.94. The lowest BCUT2D eigenvalue weighted by molar-refractivity contribution is 0.372. The first-order chi connectivity index (χ1) is 8.34. The number of rotatable bonds is 6. The van der Waals surface area contributed by atoms with Crippen LogP contribution in [-0.2, 0) is 6.42 Å². The summed E-state index contributed by atoms with van der Waals surface area (Å²) in [7, 11) is 0. The van der Waals surface area contributed by atoms with Crippen LogP contribution in [0.15, 0.2) is 30.9 Å². The van der Waals surface area contributed by atoms with Crippen LogP contribution in [0.25, 0.3) is 0 Å². The van der Waals surface area contributed by atoms with E-state index in [0.717, 1.165) is 12.6 Å². The third-order valence-electron chi connectivity index (χ3n) is 2.94. The molecule has 0 aliphatic carbocycles. The standard InChI is InChI=1S/C15H21F2N/c1-5-15(4,10-18-11(2)3)9-12-6-13(16)8-14(17)7-12/h5-8,11,18H,1,9-10H2,2-4H3. The molecule has 1 aromatic carbocycles. The van der Waals surface area contributed by atoms with Gasteiger partial charge in [-0.3, -0.25) is 0 Å². The van der Waals surface area contributed by atoms with Gasteiger partial charge < -0.3 is 5.32 Å². The Morgan fingerprint density at radius 2 is 1.83 bits per heavy atom. The zero-order valence-corrected chi connectivity index (χ0v) is 11.3. The smallest absolute Gasteiger partial charge is 0.126 e. The van der Waals surface area contributed by atoms with Gasteiger partial charge in [0.15, 0.2) is 0 Å². The van der Waals surface area contributed by atoms with Crippen LogP contribution < -0.4 is 5.32 Å². The maximum absolute atomic E-state index is 13.1. The third kappa shape index (κ3) is 4.57. The number of hydrogen-bond donors (Lipinski definition) is 1. The lowest BCUT2D eigenvalue weighted by Gasteiger charge is -2.27. The molecule has 18 heavy (non-hydrogen) atoms. The summed E-state index contributed by atoms with van der Waals surface area (Å²) in [6.45, 7) is 10.7. The Labute approximate surface area is 108 Å². The van der Waals surface area contributed by atoms with Crippen molar-refractivity contribution < 1.29 is 8.78 Å². The zero-order valence-electron chi connectivity index (χ0n) is 11.3. The fourth-order valence-electron chi connectivity index (χ4n) is 1.82. The molecule has 3 heteroatoms. The number of benzene rings is 1. The van der Waals surface area contributed by atoms with Crippen molar-refractivity contribution in [3.8, 4) is 0 Å². The molecule has 1 N–H and O–H groups in total. The van der Waals surface area contributed by atoms with E-state index in [0.29, 0.717) is 18.0 Å². The van der Waals surface area contributed by atoms with E-state index in [2.05, 4.69) is 25.7 Å². The first kappa shape index (κ1) is 14.8. The van der Waals surface area contributed by atoms with Gasteiger partial charge in [-0.1, -0.05) is 26.8 Å². The first-order valence-corrected chi connectivity index (χ1v) is 6.16.